The molecule has 1 aromatic heterocycles. The molecule has 1 N–H and O–H groups in total. The highest BCUT2D eigenvalue weighted by atomic mass is 16.5. The van der Waals surface area contributed by atoms with Gasteiger partial charge in [-0.25, -0.2) is 9.48 Å². The van der Waals surface area contributed by atoms with E-state index >= 15 is 0 Å². The van der Waals surface area contributed by atoms with Crippen LogP contribution in [0.5, 0.6) is 5.75 Å². The molecule has 1 aromatic carbocycles. The number of benzene rings is 1. The molecule has 88 valence electrons. The van der Waals surface area contributed by atoms with Gasteiger partial charge in [0.2, 0.25) is 0 Å². The molecule has 0 fully saturated rings. The van der Waals surface area contributed by atoms with E-state index < -0.39 is 5.97 Å². The third-order valence-electron chi connectivity index (χ3n) is 2.39. The van der Waals surface area contributed by atoms with Gasteiger partial charge in [0, 0.05) is 12.6 Å². The largest absolute Gasteiger partial charge is 0.497 e. The molecule has 1 heterocycles. The Labute approximate surface area is 97.4 Å². The minimum atomic E-state index is -1.05. The van der Waals surface area contributed by atoms with Crippen LogP contribution in [0.15, 0.2) is 24.3 Å². The molecule has 6 nitrogen and oxygen atoms in total. The fourth-order valence-corrected chi connectivity index (χ4v) is 1.54. The van der Waals surface area contributed by atoms with Crippen LogP contribution >= 0.6 is 0 Å². The molecule has 2 aromatic rings. The second-order valence-corrected chi connectivity index (χ2v) is 3.44. The second kappa shape index (κ2) is 4.25. The van der Waals surface area contributed by atoms with E-state index in [9.17, 15) is 4.79 Å². The molecular formula is C11H11N3O3. The summed E-state index contributed by atoms with van der Waals surface area (Å²) < 4.78 is 6.27. The van der Waals surface area contributed by atoms with Gasteiger partial charge in [-0.05, 0) is 24.3 Å². The topological polar surface area (TPSA) is 77.2 Å². The van der Waals surface area contributed by atoms with Crippen LogP contribution in [0.2, 0.25) is 0 Å². The summed E-state index contributed by atoms with van der Waals surface area (Å²) >= 11 is 0. The minimum absolute atomic E-state index is 0.0650. The van der Waals surface area contributed by atoms with Crippen LogP contribution in [0.4, 0.5) is 0 Å². The molecule has 17 heavy (non-hydrogen) atoms. The molecule has 0 radical (unpaired) electrons. The molecule has 0 spiro atoms. The summed E-state index contributed by atoms with van der Waals surface area (Å²) in [5.74, 6) is -0.349. The maximum absolute atomic E-state index is 11.1. The van der Waals surface area contributed by atoms with Crippen molar-refractivity contribution in [3.05, 3.63) is 30.0 Å². The molecule has 0 aliphatic heterocycles. The SMILES string of the molecule is COc1ccc(-c2nnn(C)c2C(=O)O)cc1. The summed E-state index contributed by atoms with van der Waals surface area (Å²) in [6.07, 6.45) is 0. The van der Waals surface area contributed by atoms with Gasteiger partial charge in [-0.3, -0.25) is 0 Å². The number of carbonyl (C=O) groups is 1. The highest BCUT2D eigenvalue weighted by molar-refractivity contribution is 5.92. The van der Waals surface area contributed by atoms with E-state index in [-0.39, 0.29) is 5.69 Å². The van der Waals surface area contributed by atoms with Crippen LogP contribution in [-0.2, 0) is 7.05 Å². The summed E-state index contributed by atoms with van der Waals surface area (Å²) in [6.45, 7) is 0. The monoisotopic (exact) mass is 233 g/mol. The number of methoxy groups -OCH3 is 1. The Morgan fingerprint density at radius 1 is 1.35 bits per heavy atom. The van der Waals surface area contributed by atoms with Crippen LogP contribution in [0, 0.1) is 0 Å². The van der Waals surface area contributed by atoms with Crippen molar-refractivity contribution in [2.75, 3.05) is 7.11 Å². The zero-order valence-corrected chi connectivity index (χ0v) is 9.41. The smallest absolute Gasteiger partial charge is 0.356 e. The van der Waals surface area contributed by atoms with E-state index in [4.69, 9.17) is 9.84 Å². The molecule has 0 aliphatic carbocycles. The Morgan fingerprint density at radius 3 is 2.53 bits per heavy atom. The molecule has 0 unspecified atom stereocenters. The number of carboxylic acids is 1. The molecule has 2 rings (SSSR count). The maximum Gasteiger partial charge on any atom is 0.356 e. The first-order chi connectivity index (χ1) is 8.13. The fraction of sp³-hybridized carbons (Fsp3) is 0.182. The normalized spacial score (nSPS) is 10.2. The van der Waals surface area contributed by atoms with Crippen molar-refractivity contribution < 1.29 is 14.6 Å². The van der Waals surface area contributed by atoms with Gasteiger partial charge < -0.3 is 9.84 Å². The van der Waals surface area contributed by atoms with Crippen LogP contribution in [0.3, 0.4) is 0 Å². The van der Waals surface area contributed by atoms with E-state index in [0.29, 0.717) is 17.0 Å². The lowest BCUT2D eigenvalue weighted by Crippen LogP contribution is -2.06. The Kier molecular flexibility index (Phi) is 2.78. The molecule has 0 saturated carbocycles. The van der Waals surface area contributed by atoms with Gasteiger partial charge in [-0.15, -0.1) is 5.10 Å². The lowest BCUT2D eigenvalue weighted by Gasteiger charge is -2.02. The summed E-state index contributed by atoms with van der Waals surface area (Å²) in [5, 5.41) is 16.6. The standard InChI is InChI=1S/C11H11N3O3/c1-14-10(11(15)16)9(12-13-14)7-3-5-8(17-2)6-4-7/h3-6H,1-2H3,(H,15,16). The van der Waals surface area contributed by atoms with E-state index in [1.54, 1.807) is 38.4 Å². The van der Waals surface area contributed by atoms with Gasteiger partial charge in [-0.2, -0.15) is 0 Å². The summed E-state index contributed by atoms with van der Waals surface area (Å²) in [4.78, 5) is 11.1. The van der Waals surface area contributed by atoms with Crippen molar-refractivity contribution in [3.8, 4) is 17.0 Å². The van der Waals surface area contributed by atoms with Crippen LogP contribution < -0.4 is 4.74 Å². The number of hydrogen-bond donors (Lipinski definition) is 1. The number of nitrogens with zero attached hydrogens (tertiary/aromatic N) is 3. The van der Waals surface area contributed by atoms with E-state index in [1.165, 1.54) is 4.68 Å². The highest BCUT2D eigenvalue weighted by Gasteiger charge is 2.18. The zero-order valence-electron chi connectivity index (χ0n) is 9.41. The van der Waals surface area contributed by atoms with Crippen LogP contribution in [0.25, 0.3) is 11.3 Å². The van der Waals surface area contributed by atoms with Gasteiger partial charge in [0.05, 0.1) is 7.11 Å². The fourth-order valence-electron chi connectivity index (χ4n) is 1.54. The van der Waals surface area contributed by atoms with E-state index in [1.807, 2.05) is 0 Å². The Bertz CT molecular complexity index is 546. The van der Waals surface area contributed by atoms with Crippen molar-refractivity contribution in [1.29, 1.82) is 0 Å². The first-order valence-corrected chi connectivity index (χ1v) is 4.91. The average molecular weight is 233 g/mol. The van der Waals surface area contributed by atoms with E-state index in [2.05, 4.69) is 10.3 Å². The molecular weight excluding hydrogens is 222 g/mol. The Hall–Kier alpha value is -2.37. The third kappa shape index (κ3) is 1.96. The number of aryl methyl sites for hydroxylation is 1. The van der Waals surface area contributed by atoms with Gasteiger partial charge in [0.15, 0.2) is 5.69 Å². The van der Waals surface area contributed by atoms with Crippen LogP contribution in [-0.4, -0.2) is 33.2 Å². The van der Waals surface area contributed by atoms with Crippen molar-refractivity contribution in [2.45, 2.75) is 0 Å². The van der Waals surface area contributed by atoms with Gasteiger partial charge in [0.1, 0.15) is 11.4 Å². The Balaban J connectivity index is 2.49. The van der Waals surface area contributed by atoms with Crippen molar-refractivity contribution in [3.63, 3.8) is 0 Å². The summed E-state index contributed by atoms with van der Waals surface area (Å²) in [7, 11) is 3.11. The molecule has 0 amide bonds. The molecule has 0 bridgehead atoms. The molecule has 0 atom stereocenters. The zero-order chi connectivity index (χ0) is 12.4. The number of carboxylic acid groups (broad SMARTS) is 1. The predicted octanol–water partition coefficient (Wildman–Crippen LogP) is 1.19. The van der Waals surface area contributed by atoms with Gasteiger partial charge in [-0.1, -0.05) is 5.21 Å². The van der Waals surface area contributed by atoms with Crippen molar-refractivity contribution in [1.82, 2.24) is 15.0 Å². The van der Waals surface area contributed by atoms with Gasteiger partial charge >= 0.3 is 5.97 Å². The summed E-state index contributed by atoms with van der Waals surface area (Å²) in [5.41, 5.74) is 1.11. The van der Waals surface area contributed by atoms with Crippen molar-refractivity contribution in [2.24, 2.45) is 7.05 Å². The van der Waals surface area contributed by atoms with Gasteiger partial charge in [0.25, 0.3) is 0 Å². The lowest BCUT2D eigenvalue weighted by atomic mass is 10.1. The van der Waals surface area contributed by atoms with Crippen molar-refractivity contribution >= 4 is 5.97 Å². The number of hydrogen-bond acceptors (Lipinski definition) is 4. The number of aromatic carboxylic acids is 1. The van der Waals surface area contributed by atoms with E-state index in [0.717, 1.165) is 0 Å². The quantitative estimate of drug-likeness (QED) is 0.861. The van der Waals surface area contributed by atoms with Crippen LogP contribution in [0.1, 0.15) is 10.5 Å². The number of rotatable bonds is 3. The molecule has 0 aliphatic rings. The third-order valence-corrected chi connectivity index (χ3v) is 2.39. The average Bonchev–Trinajstić information content (AvgIpc) is 2.71. The first-order valence-electron chi connectivity index (χ1n) is 4.91. The molecule has 6 heteroatoms. The molecule has 0 saturated heterocycles. The summed E-state index contributed by atoms with van der Waals surface area (Å²) in [6, 6.07) is 6.98. The first kappa shape index (κ1) is 11.1. The maximum atomic E-state index is 11.1. The second-order valence-electron chi connectivity index (χ2n) is 3.44. The number of aromatic nitrogens is 3. The Morgan fingerprint density at radius 2 is 2.00 bits per heavy atom. The predicted molar refractivity (Wildman–Crippen MR) is 60.0 cm³/mol. The highest BCUT2D eigenvalue weighted by Crippen LogP contribution is 2.23. The minimum Gasteiger partial charge on any atom is -0.497 e. The lowest BCUT2D eigenvalue weighted by molar-refractivity contribution is 0.0686. The number of ether oxygens (including phenoxy) is 1.